The Kier molecular flexibility index (Phi) is 13.5. The second-order valence-corrected chi connectivity index (χ2v) is 4.09. The van der Waals surface area contributed by atoms with Gasteiger partial charge in [-0.1, -0.05) is 0 Å². The molecule has 0 bridgehead atoms. The predicted octanol–water partition coefficient (Wildman–Crippen LogP) is -2.74. The summed E-state index contributed by atoms with van der Waals surface area (Å²) in [5, 5.41) is 26.0. The summed E-state index contributed by atoms with van der Waals surface area (Å²) >= 11 is 0. The number of carbonyl (C=O) groups excluding carboxylic acids is 1. The third-order valence-electron chi connectivity index (χ3n) is 2.29. The Morgan fingerprint density at radius 2 is 1.09 bits per heavy atom. The van der Waals surface area contributed by atoms with Gasteiger partial charge in [-0.2, -0.15) is 5.90 Å². The number of carboxylic acids is 3. The molecule has 0 aliphatic heterocycles. The molecular weight excluding hydrogens is 430 g/mol. The van der Waals surface area contributed by atoms with Crippen molar-refractivity contribution in [1.82, 2.24) is 9.80 Å². The maximum atomic E-state index is 11.0. The summed E-state index contributed by atoms with van der Waals surface area (Å²) < 4.78 is 0. The van der Waals surface area contributed by atoms with Crippen LogP contribution >= 0.6 is 0 Å². The maximum Gasteiger partial charge on any atom is 0.338 e. The summed E-state index contributed by atoms with van der Waals surface area (Å²) in [4.78, 5) is 49.0. The third-order valence-corrected chi connectivity index (χ3v) is 2.29. The fourth-order valence-electron chi connectivity index (χ4n) is 1.50. The molecule has 5 N–H and O–H groups in total. The smallest absolute Gasteiger partial charge is 0.338 e. The summed E-state index contributed by atoms with van der Waals surface area (Å²) in [5.41, 5.74) is 0. The van der Waals surface area contributed by atoms with Crippen LogP contribution in [0.1, 0.15) is 0 Å². The number of carboxylic acid groups (broad SMARTS) is 3. The summed E-state index contributed by atoms with van der Waals surface area (Å²) in [6.07, 6.45) is 0. The van der Waals surface area contributed by atoms with Gasteiger partial charge in [-0.3, -0.25) is 24.2 Å². The zero-order valence-electron chi connectivity index (χ0n) is 11.6. The van der Waals surface area contributed by atoms with Gasteiger partial charge in [0.05, 0.1) is 26.2 Å². The van der Waals surface area contributed by atoms with E-state index in [2.05, 4.69) is 10.7 Å². The van der Waals surface area contributed by atoms with Crippen LogP contribution in [0.2, 0.25) is 0 Å². The van der Waals surface area contributed by atoms with Gasteiger partial charge in [0.2, 0.25) is 0 Å². The molecule has 0 aromatic rings. The quantitative estimate of drug-likeness (QED) is 0.242. The van der Waals surface area contributed by atoms with Crippen molar-refractivity contribution in [1.29, 1.82) is 0 Å². The van der Waals surface area contributed by atoms with Crippen LogP contribution in [-0.2, 0) is 24.0 Å². The SMILES string of the molecule is NOC(=O)CN(CCN(CC(=O)O)CC(=O)O)CC(=O)O.[Ce]. The third kappa shape index (κ3) is 12.8. The standard InChI is InChI=1S/C10H17N3O8.Ce/c11-21-10(20)6-13(5-9(18)19)2-1-12(3-7(14)15)4-8(16)17;/h1-6,11H2,(H,14,15)(H,16,17)(H,18,19);. The number of nitrogens with zero attached hydrogens (tertiary/aromatic N) is 2. The largest absolute Gasteiger partial charge is 0.480 e. The molecule has 11 nitrogen and oxygen atoms in total. The Labute approximate surface area is 159 Å². The van der Waals surface area contributed by atoms with Crippen LogP contribution in [0.5, 0.6) is 0 Å². The molecule has 0 atom stereocenters. The molecule has 0 saturated heterocycles. The Morgan fingerprint density at radius 3 is 1.36 bits per heavy atom. The van der Waals surface area contributed by atoms with E-state index in [9.17, 15) is 19.2 Å². The average molecular weight is 447 g/mol. The van der Waals surface area contributed by atoms with Gasteiger partial charge in [-0.05, 0) is 0 Å². The van der Waals surface area contributed by atoms with Crippen LogP contribution in [0, 0.1) is 41.7 Å². The van der Waals surface area contributed by atoms with Gasteiger partial charge >= 0.3 is 23.9 Å². The van der Waals surface area contributed by atoms with Crippen LogP contribution in [-0.4, -0.2) is 88.3 Å². The van der Waals surface area contributed by atoms with Crippen molar-refractivity contribution < 1.29 is 81.1 Å². The zero-order valence-corrected chi connectivity index (χ0v) is 14.7. The Balaban J connectivity index is 0. The zero-order chi connectivity index (χ0) is 16.4. The first-order valence-electron chi connectivity index (χ1n) is 5.74. The minimum atomic E-state index is -1.22. The van der Waals surface area contributed by atoms with Crippen molar-refractivity contribution in [2.24, 2.45) is 5.90 Å². The molecule has 0 saturated carbocycles. The Morgan fingerprint density at radius 1 is 0.773 bits per heavy atom. The molecule has 124 valence electrons. The number of hydrogen-bond acceptors (Lipinski definition) is 8. The minimum absolute atomic E-state index is 0. The van der Waals surface area contributed by atoms with Gasteiger partial charge in [-0.15, -0.1) is 0 Å². The Hall–Kier alpha value is -0.863. The van der Waals surface area contributed by atoms with Crippen molar-refractivity contribution in [3.05, 3.63) is 0 Å². The van der Waals surface area contributed by atoms with Gasteiger partial charge in [0, 0.05) is 54.8 Å². The van der Waals surface area contributed by atoms with Gasteiger partial charge < -0.3 is 20.2 Å². The molecule has 22 heavy (non-hydrogen) atoms. The number of hydrogen-bond donors (Lipinski definition) is 4. The topological polar surface area (TPSA) is 171 Å². The van der Waals surface area contributed by atoms with Crippen LogP contribution in [0.15, 0.2) is 0 Å². The monoisotopic (exact) mass is 447 g/mol. The first-order chi connectivity index (χ1) is 9.74. The molecule has 0 unspecified atom stereocenters. The van der Waals surface area contributed by atoms with Gasteiger partial charge in [0.1, 0.15) is 0 Å². The van der Waals surface area contributed by atoms with Crippen molar-refractivity contribution in [2.45, 2.75) is 0 Å². The fourth-order valence-corrected chi connectivity index (χ4v) is 1.50. The molecule has 0 amide bonds. The number of carbonyl (C=O) groups is 4. The van der Waals surface area contributed by atoms with E-state index < -0.39 is 50.1 Å². The molecule has 0 aromatic heterocycles. The number of rotatable bonds is 11. The van der Waals surface area contributed by atoms with Crippen molar-refractivity contribution in [2.75, 3.05) is 39.3 Å². The summed E-state index contributed by atoms with van der Waals surface area (Å²) in [7, 11) is 0. The predicted molar refractivity (Wildman–Crippen MR) is 66.1 cm³/mol. The number of aliphatic carboxylic acids is 3. The first-order valence-corrected chi connectivity index (χ1v) is 5.74. The normalized spacial score (nSPS) is 10.1. The Bertz CT molecular complexity index is 390. The summed E-state index contributed by atoms with van der Waals surface area (Å²) in [6.45, 7) is -2.03. The summed E-state index contributed by atoms with van der Waals surface area (Å²) in [5.74, 6) is 0.142. The molecule has 0 aliphatic carbocycles. The van der Waals surface area contributed by atoms with Crippen molar-refractivity contribution in [3.63, 3.8) is 0 Å². The van der Waals surface area contributed by atoms with Crippen LogP contribution in [0.25, 0.3) is 0 Å². The van der Waals surface area contributed by atoms with E-state index in [1.807, 2.05) is 0 Å². The molecule has 0 radical (unpaired) electrons. The number of nitrogens with two attached hydrogens (primary N) is 1. The molecule has 12 heteroatoms. The van der Waals surface area contributed by atoms with Crippen molar-refractivity contribution >= 4 is 23.9 Å². The first kappa shape index (κ1) is 23.4. The molecule has 0 heterocycles. The maximum absolute atomic E-state index is 11.0. The molecule has 0 aliphatic rings. The fraction of sp³-hybridized carbons (Fsp3) is 0.600. The van der Waals surface area contributed by atoms with Crippen LogP contribution < -0.4 is 5.90 Å². The minimum Gasteiger partial charge on any atom is -0.480 e. The van der Waals surface area contributed by atoms with Crippen LogP contribution in [0.4, 0.5) is 0 Å². The molecule has 0 fully saturated rings. The van der Waals surface area contributed by atoms with E-state index in [4.69, 9.17) is 15.3 Å². The van der Waals surface area contributed by atoms with E-state index in [0.29, 0.717) is 0 Å². The van der Waals surface area contributed by atoms with E-state index in [1.165, 1.54) is 0 Å². The molecule has 0 rings (SSSR count). The van der Waals surface area contributed by atoms with E-state index in [1.54, 1.807) is 0 Å². The van der Waals surface area contributed by atoms with Crippen molar-refractivity contribution in [3.8, 4) is 0 Å². The van der Waals surface area contributed by atoms with E-state index in [0.717, 1.165) is 9.80 Å². The second-order valence-electron chi connectivity index (χ2n) is 4.09. The van der Waals surface area contributed by atoms with E-state index in [-0.39, 0.29) is 54.8 Å². The average Bonchev–Trinajstić information content (AvgIpc) is 2.33. The van der Waals surface area contributed by atoms with Gasteiger partial charge in [-0.25, -0.2) is 4.79 Å². The van der Waals surface area contributed by atoms with E-state index >= 15 is 0 Å². The second kappa shape index (κ2) is 12.7. The molecule has 0 aromatic carbocycles. The molecular formula is C10H17CeN3O8. The summed E-state index contributed by atoms with van der Waals surface area (Å²) in [6, 6.07) is 0. The van der Waals surface area contributed by atoms with Gasteiger partial charge in [0.15, 0.2) is 0 Å². The van der Waals surface area contributed by atoms with Gasteiger partial charge in [0.25, 0.3) is 0 Å². The van der Waals surface area contributed by atoms with Crippen LogP contribution in [0.3, 0.4) is 0 Å². The molecule has 0 spiro atoms.